The molecule has 3 aliphatic rings. The minimum atomic E-state index is 0.385. The molecule has 0 radical (unpaired) electrons. The summed E-state index contributed by atoms with van der Waals surface area (Å²) in [6.07, 6.45) is 2.42. The number of benzene rings is 1. The number of hydrogen-bond acceptors (Lipinski definition) is 0. The van der Waals surface area contributed by atoms with Crippen molar-refractivity contribution in [3.8, 4) is 0 Å². The average molecular weight is 321 g/mol. The van der Waals surface area contributed by atoms with E-state index in [-0.39, 0.29) is 0 Å². The van der Waals surface area contributed by atoms with Gasteiger partial charge in [-0.3, -0.25) is 0 Å². The summed E-state index contributed by atoms with van der Waals surface area (Å²) in [6.45, 7) is 11.2. The molecule has 2 aliphatic heterocycles. The molecular formula is C17H23BrN+. The van der Waals surface area contributed by atoms with E-state index in [2.05, 4.69) is 66.8 Å². The topological polar surface area (TPSA) is 16.6 Å². The van der Waals surface area contributed by atoms with Crippen molar-refractivity contribution in [3.63, 3.8) is 0 Å². The van der Waals surface area contributed by atoms with Crippen LogP contribution in [0.2, 0.25) is 0 Å². The van der Waals surface area contributed by atoms with E-state index >= 15 is 0 Å². The first kappa shape index (κ1) is 13.4. The number of rotatable bonds is 2. The van der Waals surface area contributed by atoms with Gasteiger partial charge in [-0.25, -0.2) is 0 Å². The van der Waals surface area contributed by atoms with Gasteiger partial charge in [0.1, 0.15) is 6.04 Å². The van der Waals surface area contributed by atoms with Gasteiger partial charge in [0.15, 0.2) is 0 Å². The highest BCUT2D eigenvalue weighted by Gasteiger charge is 2.53. The Balaban J connectivity index is 2.11. The third-order valence-electron chi connectivity index (χ3n) is 4.88. The Kier molecular flexibility index (Phi) is 3.14. The molecule has 1 fully saturated rings. The lowest BCUT2D eigenvalue weighted by Gasteiger charge is -2.51. The molecule has 3 unspecified atom stereocenters. The molecule has 1 aromatic rings. The van der Waals surface area contributed by atoms with Gasteiger partial charge in [-0.2, -0.15) is 0 Å². The zero-order valence-corrected chi connectivity index (χ0v) is 13.6. The summed E-state index contributed by atoms with van der Waals surface area (Å²) in [5, 5.41) is 2.60. The fourth-order valence-electron chi connectivity index (χ4n) is 4.36. The van der Waals surface area contributed by atoms with Crippen LogP contribution in [-0.4, -0.2) is 6.04 Å². The van der Waals surface area contributed by atoms with E-state index in [9.17, 15) is 0 Å². The van der Waals surface area contributed by atoms with Gasteiger partial charge in [0.05, 0.1) is 6.04 Å². The zero-order valence-electron chi connectivity index (χ0n) is 12.0. The molecule has 0 saturated carbocycles. The first-order valence-electron chi connectivity index (χ1n) is 7.18. The van der Waals surface area contributed by atoms with Crippen LogP contribution in [0.1, 0.15) is 56.7 Å². The van der Waals surface area contributed by atoms with Gasteiger partial charge in [-0.1, -0.05) is 54.1 Å². The van der Waals surface area contributed by atoms with Crippen LogP contribution < -0.4 is 5.32 Å². The number of quaternary nitrogens is 1. The highest BCUT2D eigenvalue weighted by molar-refractivity contribution is 9.10. The molecule has 1 saturated heterocycles. The van der Waals surface area contributed by atoms with Crippen molar-refractivity contribution in [2.75, 3.05) is 0 Å². The predicted octanol–water partition coefficient (Wildman–Crippen LogP) is 3.92. The molecule has 2 heteroatoms. The lowest BCUT2D eigenvalue weighted by atomic mass is 9.58. The molecule has 0 spiro atoms. The van der Waals surface area contributed by atoms with E-state index in [0.717, 1.165) is 6.42 Å². The van der Waals surface area contributed by atoms with Gasteiger partial charge in [0.25, 0.3) is 0 Å². The Morgan fingerprint density at radius 2 is 2.21 bits per heavy atom. The molecule has 4 rings (SSSR count). The number of nitrogens with two attached hydrogens (primary N) is 1. The third kappa shape index (κ3) is 2.09. The SMILES string of the molecule is C=C(C)CC1[NH2+]C2CC(C)(C)C1c1c(Br)cccc12. The van der Waals surface area contributed by atoms with Crippen molar-refractivity contribution in [1.82, 2.24) is 0 Å². The van der Waals surface area contributed by atoms with Crippen LogP contribution >= 0.6 is 15.9 Å². The minimum absolute atomic E-state index is 0.385. The van der Waals surface area contributed by atoms with Crippen LogP contribution in [0.15, 0.2) is 34.8 Å². The number of halogens is 1. The van der Waals surface area contributed by atoms with Gasteiger partial charge in [0, 0.05) is 28.8 Å². The van der Waals surface area contributed by atoms with Crippen molar-refractivity contribution in [2.24, 2.45) is 5.41 Å². The standard InChI is InChI=1S/C17H22BrN/c1-10(2)8-13-16-15-11(6-5-7-12(15)18)14(19-13)9-17(16,3)4/h5-7,13-14,16,19H,1,8-9H2,2-4H3/p+1. The summed E-state index contributed by atoms with van der Waals surface area (Å²) >= 11 is 3.79. The summed E-state index contributed by atoms with van der Waals surface area (Å²) in [4.78, 5) is 0. The third-order valence-corrected chi connectivity index (χ3v) is 5.57. The van der Waals surface area contributed by atoms with Gasteiger partial charge < -0.3 is 5.32 Å². The van der Waals surface area contributed by atoms with Gasteiger partial charge in [0.2, 0.25) is 0 Å². The lowest BCUT2D eigenvalue weighted by molar-refractivity contribution is -0.749. The van der Waals surface area contributed by atoms with Crippen LogP contribution in [0.5, 0.6) is 0 Å². The fraction of sp³-hybridized carbons (Fsp3) is 0.529. The summed E-state index contributed by atoms with van der Waals surface area (Å²) in [5.41, 5.74) is 4.81. The Labute approximate surface area is 124 Å². The molecule has 1 aromatic carbocycles. The molecule has 1 nitrogen and oxygen atoms in total. The van der Waals surface area contributed by atoms with Crippen LogP contribution in [-0.2, 0) is 0 Å². The highest BCUT2D eigenvalue weighted by atomic mass is 79.9. The molecule has 2 N–H and O–H groups in total. The first-order chi connectivity index (χ1) is 8.90. The highest BCUT2D eigenvalue weighted by Crippen LogP contribution is 2.54. The van der Waals surface area contributed by atoms with Crippen molar-refractivity contribution >= 4 is 15.9 Å². The van der Waals surface area contributed by atoms with Crippen LogP contribution in [0.3, 0.4) is 0 Å². The lowest BCUT2D eigenvalue weighted by Crippen LogP contribution is -2.96. The summed E-state index contributed by atoms with van der Waals surface area (Å²) in [7, 11) is 0. The second-order valence-corrected chi connectivity index (χ2v) is 7.89. The molecule has 0 amide bonds. The molecule has 2 heterocycles. The Morgan fingerprint density at radius 1 is 1.47 bits per heavy atom. The number of piperidine rings is 1. The monoisotopic (exact) mass is 320 g/mol. The van der Waals surface area contributed by atoms with Crippen molar-refractivity contribution < 1.29 is 5.32 Å². The van der Waals surface area contributed by atoms with Gasteiger partial charge in [-0.15, -0.1) is 0 Å². The van der Waals surface area contributed by atoms with E-state index < -0.39 is 0 Å². The molecule has 3 atom stereocenters. The second kappa shape index (κ2) is 4.46. The minimum Gasteiger partial charge on any atom is -0.337 e. The first-order valence-corrected chi connectivity index (χ1v) is 7.97. The summed E-state index contributed by atoms with van der Waals surface area (Å²) in [5.74, 6) is 0.625. The van der Waals surface area contributed by atoms with E-state index in [1.165, 1.54) is 16.5 Å². The van der Waals surface area contributed by atoms with E-state index in [0.29, 0.717) is 23.4 Å². The van der Waals surface area contributed by atoms with Crippen molar-refractivity contribution in [2.45, 2.75) is 51.6 Å². The maximum absolute atomic E-state index is 4.13. The molecule has 1 aliphatic carbocycles. The van der Waals surface area contributed by atoms with Gasteiger partial charge in [-0.05, 0) is 24.0 Å². The molecular weight excluding hydrogens is 298 g/mol. The van der Waals surface area contributed by atoms with Crippen LogP contribution in [0.4, 0.5) is 0 Å². The number of hydrogen-bond donors (Lipinski definition) is 1. The maximum atomic E-state index is 4.13. The smallest absolute Gasteiger partial charge is 0.113 e. The number of fused-ring (bicyclic) bond motifs is 2. The zero-order chi connectivity index (χ0) is 13.8. The van der Waals surface area contributed by atoms with Crippen LogP contribution in [0.25, 0.3) is 0 Å². The van der Waals surface area contributed by atoms with E-state index in [4.69, 9.17) is 0 Å². The quantitative estimate of drug-likeness (QED) is 0.795. The Bertz CT molecular complexity index is 532. The van der Waals surface area contributed by atoms with Gasteiger partial charge >= 0.3 is 0 Å². The second-order valence-electron chi connectivity index (χ2n) is 7.04. The maximum Gasteiger partial charge on any atom is 0.113 e. The van der Waals surface area contributed by atoms with Crippen molar-refractivity contribution in [1.29, 1.82) is 0 Å². The normalized spacial score (nSPS) is 31.1. The predicted molar refractivity (Wildman–Crippen MR) is 83.2 cm³/mol. The van der Waals surface area contributed by atoms with E-state index in [1.54, 1.807) is 11.1 Å². The Morgan fingerprint density at radius 3 is 2.89 bits per heavy atom. The van der Waals surface area contributed by atoms with E-state index in [1.807, 2.05) is 0 Å². The molecule has 2 bridgehead atoms. The molecule has 19 heavy (non-hydrogen) atoms. The fourth-order valence-corrected chi connectivity index (χ4v) is 4.99. The van der Waals surface area contributed by atoms with Crippen molar-refractivity contribution in [3.05, 3.63) is 46.0 Å². The Hall–Kier alpha value is -0.600. The molecule has 102 valence electrons. The average Bonchev–Trinajstić information content (AvgIpc) is 2.27. The summed E-state index contributed by atoms with van der Waals surface area (Å²) in [6, 6.07) is 7.97. The molecule has 0 aromatic heterocycles. The largest absolute Gasteiger partial charge is 0.337 e. The summed E-state index contributed by atoms with van der Waals surface area (Å²) < 4.78 is 1.30. The van der Waals surface area contributed by atoms with Crippen LogP contribution in [0, 0.1) is 5.41 Å².